The first-order valence-electron chi connectivity index (χ1n) is 5.33. The van der Waals surface area contributed by atoms with Crippen LogP contribution in [0.4, 0.5) is 0 Å². The highest BCUT2D eigenvalue weighted by molar-refractivity contribution is 5.29. The molecule has 0 aliphatic heterocycles. The van der Waals surface area contributed by atoms with Crippen molar-refractivity contribution in [2.45, 2.75) is 31.3 Å². The van der Waals surface area contributed by atoms with Gasteiger partial charge in [-0.25, -0.2) is 0 Å². The fraction of sp³-hybridized carbons (Fsp3) is 0.636. The van der Waals surface area contributed by atoms with Crippen LogP contribution in [0.3, 0.4) is 0 Å². The molecule has 1 heterocycles. The van der Waals surface area contributed by atoms with E-state index in [1.54, 1.807) is 12.4 Å². The maximum atomic E-state index is 10.5. The molecular formula is C11H14N2O. The number of hydrogen-bond donors (Lipinski definition) is 1. The molecule has 0 bridgehead atoms. The second kappa shape index (κ2) is 2.76. The number of fused-ring (bicyclic) bond motifs is 1. The number of nitrogens with zero attached hydrogens (tertiary/aromatic N) is 2. The molecule has 1 N–H and O–H groups in total. The molecule has 2 saturated carbocycles. The van der Waals surface area contributed by atoms with E-state index in [0.29, 0.717) is 11.8 Å². The third kappa shape index (κ3) is 0.960. The minimum absolute atomic E-state index is 0.487. The second-order valence-corrected chi connectivity index (χ2v) is 4.45. The molecule has 2 atom stereocenters. The zero-order chi connectivity index (χ0) is 9.60. The molecule has 0 aromatic carbocycles. The Bertz CT molecular complexity index is 326. The van der Waals surface area contributed by atoms with E-state index >= 15 is 0 Å². The lowest BCUT2D eigenvalue weighted by Crippen LogP contribution is -2.10. The lowest BCUT2D eigenvalue weighted by molar-refractivity contribution is 0.117. The summed E-state index contributed by atoms with van der Waals surface area (Å²) in [5.74, 6) is 0.973. The van der Waals surface area contributed by atoms with Gasteiger partial charge in [-0.3, -0.25) is 0 Å². The minimum Gasteiger partial charge on any atom is -0.384 e. The number of aliphatic hydroxyl groups is 1. The molecule has 74 valence electrons. The van der Waals surface area contributed by atoms with E-state index in [2.05, 4.69) is 10.2 Å². The Kier molecular flexibility index (Phi) is 1.65. The molecule has 0 saturated heterocycles. The summed E-state index contributed by atoms with van der Waals surface area (Å²) in [5, 5.41) is 18.1. The van der Waals surface area contributed by atoms with Crippen LogP contribution in [0.2, 0.25) is 0 Å². The summed E-state index contributed by atoms with van der Waals surface area (Å²) in [6, 6.07) is 1.89. The second-order valence-electron chi connectivity index (χ2n) is 4.45. The molecular weight excluding hydrogens is 176 g/mol. The molecule has 2 aliphatic carbocycles. The van der Waals surface area contributed by atoms with Crippen LogP contribution in [0.25, 0.3) is 0 Å². The van der Waals surface area contributed by atoms with Crippen LogP contribution in [-0.2, 0) is 5.60 Å². The van der Waals surface area contributed by atoms with Crippen molar-refractivity contribution in [1.29, 1.82) is 0 Å². The maximum absolute atomic E-state index is 10.5. The standard InChI is InChI=1S/C11H14N2O/c14-11(8-5-6-12-13-7-8)9-3-1-2-4-10(9)11/h5-7,9-10,14H,1-4H2. The number of rotatable bonds is 1. The molecule has 2 fully saturated rings. The van der Waals surface area contributed by atoms with E-state index in [4.69, 9.17) is 0 Å². The highest BCUT2D eigenvalue weighted by atomic mass is 16.3. The van der Waals surface area contributed by atoms with Gasteiger partial charge in [-0.05, 0) is 30.7 Å². The highest BCUT2D eigenvalue weighted by Gasteiger charge is 2.64. The van der Waals surface area contributed by atoms with Gasteiger partial charge in [0.1, 0.15) is 0 Å². The van der Waals surface area contributed by atoms with Gasteiger partial charge in [-0.1, -0.05) is 12.8 Å². The van der Waals surface area contributed by atoms with Crippen LogP contribution in [0, 0.1) is 11.8 Å². The Morgan fingerprint density at radius 2 is 1.93 bits per heavy atom. The van der Waals surface area contributed by atoms with Crippen LogP contribution in [0.1, 0.15) is 31.2 Å². The Morgan fingerprint density at radius 3 is 2.50 bits per heavy atom. The van der Waals surface area contributed by atoms with Crippen LogP contribution >= 0.6 is 0 Å². The van der Waals surface area contributed by atoms with Crippen molar-refractivity contribution in [3.63, 3.8) is 0 Å². The Labute approximate surface area is 83.2 Å². The van der Waals surface area contributed by atoms with Crippen LogP contribution < -0.4 is 0 Å². The van der Waals surface area contributed by atoms with Crippen molar-refractivity contribution in [3.8, 4) is 0 Å². The molecule has 0 radical (unpaired) electrons. The number of hydrogen-bond acceptors (Lipinski definition) is 3. The molecule has 0 spiro atoms. The van der Waals surface area contributed by atoms with Gasteiger partial charge in [-0.15, -0.1) is 0 Å². The van der Waals surface area contributed by atoms with Crippen LogP contribution in [0.5, 0.6) is 0 Å². The quantitative estimate of drug-likeness (QED) is 0.729. The smallest absolute Gasteiger partial charge is 0.0976 e. The highest BCUT2D eigenvalue weighted by Crippen LogP contribution is 2.64. The van der Waals surface area contributed by atoms with Gasteiger partial charge in [0.15, 0.2) is 0 Å². The molecule has 1 aromatic heterocycles. The van der Waals surface area contributed by atoms with Gasteiger partial charge in [0.05, 0.1) is 11.8 Å². The summed E-state index contributed by atoms with van der Waals surface area (Å²) in [5.41, 5.74) is 0.399. The predicted octanol–water partition coefficient (Wildman–Crippen LogP) is 1.48. The lowest BCUT2D eigenvalue weighted by atomic mass is 10.0. The van der Waals surface area contributed by atoms with Crippen molar-refractivity contribution in [3.05, 3.63) is 24.0 Å². The van der Waals surface area contributed by atoms with Gasteiger partial charge in [-0.2, -0.15) is 10.2 Å². The van der Waals surface area contributed by atoms with Gasteiger partial charge in [0.2, 0.25) is 0 Å². The van der Waals surface area contributed by atoms with Gasteiger partial charge >= 0.3 is 0 Å². The third-order valence-corrected chi connectivity index (χ3v) is 3.83. The summed E-state index contributed by atoms with van der Waals surface area (Å²) < 4.78 is 0. The molecule has 14 heavy (non-hydrogen) atoms. The molecule has 2 unspecified atom stereocenters. The minimum atomic E-state index is -0.563. The Hall–Kier alpha value is -0.960. The first kappa shape index (κ1) is 8.36. The van der Waals surface area contributed by atoms with E-state index < -0.39 is 5.60 Å². The van der Waals surface area contributed by atoms with Crippen molar-refractivity contribution in [1.82, 2.24) is 10.2 Å². The normalized spacial score (nSPS) is 40.4. The van der Waals surface area contributed by atoms with Crippen molar-refractivity contribution in [2.75, 3.05) is 0 Å². The van der Waals surface area contributed by atoms with E-state index in [9.17, 15) is 5.11 Å². The molecule has 3 rings (SSSR count). The molecule has 3 nitrogen and oxygen atoms in total. The maximum Gasteiger partial charge on any atom is 0.0976 e. The first-order chi connectivity index (χ1) is 6.83. The van der Waals surface area contributed by atoms with Gasteiger partial charge in [0, 0.05) is 11.8 Å². The van der Waals surface area contributed by atoms with Crippen LogP contribution in [-0.4, -0.2) is 15.3 Å². The van der Waals surface area contributed by atoms with Crippen molar-refractivity contribution in [2.24, 2.45) is 11.8 Å². The average Bonchev–Trinajstić information content (AvgIpc) is 2.89. The monoisotopic (exact) mass is 190 g/mol. The molecule has 0 amide bonds. The average molecular weight is 190 g/mol. The van der Waals surface area contributed by atoms with E-state index in [0.717, 1.165) is 5.56 Å². The van der Waals surface area contributed by atoms with E-state index in [-0.39, 0.29) is 0 Å². The predicted molar refractivity (Wildman–Crippen MR) is 51.4 cm³/mol. The topological polar surface area (TPSA) is 46.0 Å². The van der Waals surface area contributed by atoms with Crippen LogP contribution in [0.15, 0.2) is 18.5 Å². The third-order valence-electron chi connectivity index (χ3n) is 3.83. The zero-order valence-corrected chi connectivity index (χ0v) is 8.06. The van der Waals surface area contributed by atoms with Crippen molar-refractivity contribution < 1.29 is 5.11 Å². The van der Waals surface area contributed by atoms with E-state index in [1.807, 2.05) is 6.07 Å². The lowest BCUT2D eigenvalue weighted by Gasteiger charge is -2.08. The van der Waals surface area contributed by atoms with Gasteiger partial charge in [0.25, 0.3) is 0 Å². The van der Waals surface area contributed by atoms with Crippen molar-refractivity contribution >= 4 is 0 Å². The summed E-state index contributed by atoms with van der Waals surface area (Å²) in [7, 11) is 0. The van der Waals surface area contributed by atoms with E-state index in [1.165, 1.54) is 25.7 Å². The fourth-order valence-corrected chi connectivity index (χ4v) is 3.05. The molecule has 1 aromatic rings. The van der Waals surface area contributed by atoms with Gasteiger partial charge < -0.3 is 5.11 Å². The first-order valence-corrected chi connectivity index (χ1v) is 5.33. The Balaban J connectivity index is 1.92. The summed E-state index contributed by atoms with van der Waals surface area (Å²) in [4.78, 5) is 0. The molecule has 2 aliphatic rings. The number of aromatic nitrogens is 2. The largest absolute Gasteiger partial charge is 0.384 e. The Morgan fingerprint density at radius 1 is 1.21 bits per heavy atom. The summed E-state index contributed by atoms with van der Waals surface area (Å²) in [6.45, 7) is 0. The SMILES string of the molecule is OC1(c2ccnnc2)C2CCCCC21. The fourth-order valence-electron chi connectivity index (χ4n) is 3.05. The summed E-state index contributed by atoms with van der Waals surface area (Å²) >= 11 is 0. The molecule has 3 heteroatoms. The zero-order valence-electron chi connectivity index (χ0n) is 8.06. The summed E-state index contributed by atoms with van der Waals surface area (Å²) in [6.07, 6.45) is 8.24.